The third-order valence-electron chi connectivity index (χ3n) is 4.17. The molecule has 0 aromatic carbocycles. The summed E-state index contributed by atoms with van der Waals surface area (Å²) in [5.41, 5.74) is -0.245. The summed E-state index contributed by atoms with van der Waals surface area (Å²) >= 11 is 0. The highest BCUT2D eigenvalue weighted by Gasteiger charge is 2.44. The number of hydrogen-bond donors (Lipinski definition) is 0. The lowest BCUT2D eigenvalue weighted by Gasteiger charge is -2.46. The van der Waals surface area contributed by atoms with Crippen LogP contribution >= 0.6 is 0 Å². The van der Waals surface area contributed by atoms with Gasteiger partial charge in [0, 0.05) is 12.7 Å². The first-order chi connectivity index (χ1) is 9.97. The number of esters is 1. The molecule has 4 atom stereocenters. The van der Waals surface area contributed by atoms with Crippen LogP contribution in [0.15, 0.2) is 12.7 Å². The minimum absolute atomic E-state index is 0.0336. The van der Waals surface area contributed by atoms with Gasteiger partial charge in [0.15, 0.2) is 0 Å². The Bertz CT molecular complexity index is 334. The van der Waals surface area contributed by atoms with E-state index in [2.05, 4.69) is 20.4 Å². The van der Waals surface area contributed by atoms with Gasteiger partial charge >= 0.3 is 5.97 Å². The van der Waals surface area contributed by atoms with Crippen LogP contribution in [-0.4, -0.2) is 30.6 Å². The van der Waals surface area contributed by atoms with Crippen molar-refractivity contribution in [2.24, 2.45) is 5.92 Å². The van der Waals surface area contributed by atoms with E-state index in [9.17, 15) is 4.79 Å². The topological polar surface area (TPSA) is 44.8 Å². The monoisotopic (exact) mass is 298 g/mol. The Hall–Kier alpha value is -0.870. The molecule has 0 saturated heterocycles. The highest BCUT2D eigenvalue weighted by atomic mass is 16.7. The van der Waals surface area contributed by atoms with Crippen molar-refractivity contribution in [1.29, 1.82) is 0 Å². The van der Waals surface area contributed by atoms with Crippen LogP contribution in [0.25, 0.3) is 0 Å². The normalized spacial score (nSPS) is 30.7. The van der Waals surface area contributed by atoms with Gasteiger partial charge in [-0.1, -0.05) is 26.8 Å². The third kappa shape index (κ3) is 5.11. The molecule has 1 fully saturated rings. The van der Waals surface area contributed by atoms with Crippen molar-refractivity contribution >= 4 is 5.97 Å². The van der Waals surface area contributed by atoms with Gasteiger partial charge in [-0.05, 0) is 45.4 Å². The zero-order valence-corrected chi connectivity index (χ0v) is 13.9. The van der Waals surface area contributed by atoms with E-state index in [1.807, 2.05) is 6.92 Å². The number of rotatable bonds is 8. The zero-order chi connectivity index (χ0) is 15.9. The maximum atomic E-state index is 11.3. The summed E-state index contributed by atoms with van der Waals surface area (Å²) in [7, 11) is 0. The van der Waals surface area contributed by atoms with Crippen LogP contribution in [-0.2, 0) is 19.0 Å². The first-order valence-corrected chi connectivity index (χ1v) is 8.09. The molecule has 4 nitrogen and oxygen atoms in total. The van der Waals surface area contributed by atoms with Gasteiger partial charge in [-0.25, -0.2) is 4.79 Å². The molecule has 0 radical (unpaired) electrons. The number of carbonyl (C=O) groups excluding carboxylic acids is 1. The van der Waals surface area contributed by atoms with Gasteiger partial charge in [0.1, 0.15) is 0 Å². The van der Waals surface area contributed by atoms with Crippen LogP contribution in [0.2, 0.25) is 0 Å². The van der Waals surface area contributed by atoms with Crippen LogP contribution in [0.3, 0.4) is 0 Å². The fourth-order valence-corrected chi connectivity index (χ4v) is 3.23. The summed E-state index contributed by atoms with van der Waals surface area (Å²) < 4.78 is 17.3. The standard InChI is InChI=1S/C17H30O4/c1-6-10-17(19-8-3)11-9-13(4)12-15(17)20-14(5)21-16(18)7-2/h7,13-15H,2,6,8-12H2,1,3-5H3. The summed E-state index contributed by atoms with van der Waals surface area (Å²) in [4.78, 5) is 11.3. The maximum Gasteiger partial charge on any atom is 0.332 e. The largest absolute Gasteiger partial charge is 0.433 e. The van der Waals surface area contributed by atoms with Crippen LogP contribution < -0.4 is 0 Å². The maximum absolute atomic E-state index is 11.3. The molecule has 0 spiro atoms. The zero-order valence-electron chi connectivity index (χ0n) is 13.9. The third-order valence-corrected chi connectivity index (χ3v) is 4.17. The summed E-state index contributed by atoms with van der Waals surface area (Å²) in [5, 5.41) is 0. The molecule has 1 aliphatic rings. The van der Waals surface area contributed by atoms with E-state index in [-0.39, 0.29) is 11.7 Å². The fraction of sp³-hybridized carbons (Fsp3) is 0.824. The van der Waals surface area contributed by atoms with E-state index < -0.39 is 12.3 Å². The van der Waals surface area contributed by atoms with E-state index in [0.717, 1.165) is 38.2 Å². The average molecular weight is 298 g/mol. The second-order valence-corrected chi connectivity index (χ2v) is 5.96. The summed E-state index contributed by atoms with van der Waals surface area (Å²) in [6.45, 7) is 12.3. The SMILES string of the molecule is C=CC(=O)OC(C)OC1CC(C)CCC1(CCC)OCC. The van der Waals surface area contributed by atoms with Crippen molar-refractivity contribution in [1.82, 2.24) is 0 Å². The minimum Gasteiger partial charge on any atom is -0.433 e. The molecule has 1 aliphatic carbocycles. The second kappa shape index (κ2) is 8.54. The van der Waals surface area contributed by atoms with E-state index in [4.69, 9.17) is 14.2 Å². The van der Waals surface area contributed by atoms with Gasteiger partial charge in [0.05, 0.1) is 11.7 Å². The smallest absolute Gasteiger partial charge is 0.332 e. The van der Waals surface area contributed by atoms with Gasteiger partial charge in [-0.3, -0.25) is 0 Å². The lowest BCUT2D eigenvalue weighted by Crippen LogP contribution is -2.51. The molecular weight excluding hydrogens is 268 g/mol. The molecule has 4 heteroatoms. The number of carbonyl (C=O) groups is 1. The summed E-state index contributed by atoms with van der Waals surface area (Å²) in [6.07, 6.45) is 5.66. The molecule has 1 rings (SSSR count). The van der Waals surface area contributed by atoms with Crippen molar-refractivity contribution in [3.63, 3.8) is 0 Å². The Morgan fingerprint density at radius 2 is 2.19 bits per heavy atom. The van der Waals surface area contributed by atoms with E-state index in [1.165, 1.54) is 0 Å². The van der Waals surface area contributed by atoms with E-state index in [1.54, 1.807) is 6.92 Å². The van der Waals surface area contributed by atoms with Crippen LogP contribution in [0.1, 0.15) is 59.8 Å². The van der Waals surface area contributed by atoms with Gasteiger partial charge in [0.2, 0.25) is 6.29 Å². The Morgan fingerprint density at radius 3 is 2.76 bits per heavy atom. The highest BCUT2D eigenvalue weighted by molar-refractivity contribution is 5.81. The summed E-state index contributed by atoms with van der Waals surface area (Å²) in [5.74, 6) is 0.145. The Balaban J connectivity index is 2.79. The molecule has 0 aromatic rings. The molecule has 4 unspecified atom stereocenters. The minimum atomic E-state index is -0.581. The van der Waals surface area contributed by atoms with Crippen molar-refractivity contribution in [3.05, 3.63) is 12.7 Å². The van der Waals surface area contributed by atoms with Crippen LogP contribution in [0.4, 0.5) is 0 Å². The van der Waals surface area contributed by atoms with Crippen molar-refractivity contribution in [2.45, 2.75) is 77.8 Å². The molecule has 21 heavy (non-hydrogen) atoms. The Morgan fingerprint density at radius 1 is 1.48 bits per heavy atom. The molecule has 0 bridgehead atoms. The fourth-order valence-electron chi connectivity index (χ4n) is 3.23. The van der Waals surface area contributed by atoms with Gasteiger partial charge in [-0.15, -0.1) is 0 Å². The lowest BCUT2D eigenvalue weighted by atomic mass is 9.74. The molecular formula is C17H30O4. The molecule has 0 aromatic heterocycles. The lowest BCUT2D eigenvalue weighted by molar-refractivity contribution is -0.233. The van der Waals surface area contributed by atoms with Crippen molar-refractivity contribution in [2.75, 3.05) is 6.61 Å². The first-order valence-electron chi connectivity index (χ1n) is 8.09. The molecule has 0 N–H and O–H groups in total. The predicted molar refractivity (Wildman–Crippen MR) is 82.9 cm³/mol. The van der Waals surface area contributed by atoms with Crippen LogP contribution in [0, 0.1) is 5.92 Å². The summed E-state index contributed by atoms with van der Waals surface area (Å²) in [6, 6.07) is 0. The van der Waals surface area contributed by atoms with Crippen molar-refractivity contribution in [3.8, 4) is 0 Å². The Labute approximate surface area is 128 Å². The first kappa shape index (κ1) is 18.2. The van der Waals surface area contributed by atoms with Gasteiger partial charge in [0.25, 0.3) is 0 Å². The highest BCUT2D eigenvalue weighted by Crippen LogP contribution is 2.40. The molecule has 0 aliphatic heterocycles. The quantitative estimate of drug-likeness (QED) is 0.388. The number of ether oxygens (including phenoxy) is 3. The van der Waals surface area contributed by atoms with Gasteiger partial charge in [-0.2, -0.15) is 0 Å². The molecule has 0 heterocycles. The van der Waals surface area contributed by atoms with E-state index in [0.29, 0.717) is 12.5 Å². The predicted octanol–water partition coefficient (Wildman–Crippen LogP) is 3.84. The molecule has 122 valence electrons. The average Bonchev–Trinajstić information content (AvgIpc) is 2.43. The van der Waals surface area contributed by atoms with Gasteiger partial charge < -0.3 is 14.2 Å². The second-order valence-electron chi connectivity index (χ2n) is 5.96. The van der Waals surface area contributed by atoms with E-state index >= 15 is 0 Å². The number of hydrogen-bond acceptors (Lipinski definition) is 4. The molecule has 1 saturated carbocycles. The Kier molecular flexibility index (Phi) is 7.40. The van der Waals surface area contributed by atoms with Crippen molar-refractivity contribution < 1.29 is 19.0 Å². The van der Waals surface area contributed by atoms with Crippen LogP contribution in [0.5, 0.6) is 0 Å². The molecule has 0 amide bonds.